The maximum Gasteiger partial charge on any atom is 0.173 e. The zero-order valence-electron chi connectivity index (χ0n) is 13.5. The van der Waals surface area contributed by atoms with Crippen molar-refractivity contribution in [1.82, 2.24) is 4.90 Å². The highest BCUT2D eigenvalue weighted by atomic mass is 32.1. The monoisotopic (exact) mass is 314 g/mol. The van der Waals surface area contributed by atoms with Crippen molar-refractivity contribution < 1.29 is 4.74 Å². The fourth-order valence-electron chi connectivity index (χ4n) is 2.20. The molecule has 0 radical (unpaired) electrons. The van der Waals surface area contributed by atoms with E-state index in [0.29, 0.717) is 11.7 Å². The van der Waals surface area contributed by atoms with Crippen molar-refractivity contribution in [3.8, 4) is 5.75 Å². The fraction of sp³-hybridized carbons (Fsp3) is 0.278. The van der Waals surface area contributed by atoms with Crippen molar-refractivity contribution in [3.05, 3.63) is 59.2 Å². The van der Waals surface area contributed by atoms with Gasteiger partial charge in [0.2, 0.25) is 0 Å². The van der Waals surface area contributed by atoms with E-state index in [9.17, 15) is 0 Å². The number of rotatable bonds is 4. The third-order valence-corrected chi connectivity index (χ3v) is 4.12. The molecule has 3 nitrogen and oxygen atoms in total. The summed E-state index contributed by atoms with van der Waals surface area (Å²) >= 11 is 5.49. The van der Waals surface area contributed by atoms with Crippen molar-refractivity contribution in [2.75, 3.05) is 19.5 Å². The van der Waals surface area contributed by atoms with Crippen LogP contribution in [0.1, 0.15) is 16.7 Å². The number of aryl methyl sites for hydroxylation is 2. The highest BCUT2D eigenvalue weighted by Crippen LogP contribution is 2.19. The van der Waals surface area contributed by atoms with Gasteiger partial charge in [0.15, 0.2) is 5.11 Å². The first-order valence-electron chi connectivity index (χ1n) is 7.22. The molecule has 0 bridgehead atoms. The molecule has 2 aromatic carbocycles. The zero-order chi connectivity index (χ0) is 16.1. The van der Waals surface area contributed by atoms with E-state index < -0.39 is 0 Å². The molecule has 116 valence electrons. The van der Waals surface area contributed by atoms with Gasteiger partial charge in [-0.3, -0.25) is 0 Å². The van der Waals surface area contributed by atoms with Crippen LogP contribution in [-0.4, -0.2) is 24.2 Å². The number of ether oxygens (including phenoxy) is 1. The lowest BCUT2D eigenvalue weighted by Gasteiger charge is -2.22. The van der Waals surface area contributed by atoms with Crippen molar-refractivity contribution in [3.63, 3.8) is 0 Å². The van der Waals surface area contributed by atoms with Crippen molar-refractivity contribution in [2.45, 2.75) is 20.4 Å². The van der Waals surface area contributed by atoms with Gasteiger partial charge < -0.3 is 15.0 Å². The second-order valence-electron chi connectivity index (χ2n) is 5.40. The number of methoxy groups -OCH3 is 1. The average Bonchev–Trinajstić information content (AvgIpc) is 2.51. The van der Waals surface area contributed by atoms with E-state index in [1.807, 2.05) is 42.3 Å². The van der Waals surface area contributed by atoms with Crippen LogP contribution in [0, 0.1) is 13.8 Å². The quantitative estimate of drug-likeness (QED) is 0.857. The third-order valence-electron chi connectivity index (χ3n) is 3.70. The number of hydrogen-bond acceptors (Lipinski definition) is 2. The van der Waals surface area contributed by atoms with Crippen LogP contribution < -0.4 is 10.1 Å². The molecule has 1 N–H and O–H groups in total. The number of anilines is 1. The molecule has 0 fully saturated rings. The maximum atomic E-state index is 5.49. The first kappa shape index (κ1) is 16.3. The average molecular weight is 314 g/mol. The predicted molar refractivity (Wildman–Crippen MR) is 96.6 cm³/mol. The number of thiocarbonyl (C=S) groups is 1. The lowest BCUT2D eigenvalue weighted by Crippen LogP contribution is -2.30. The van der Waals surface area contributed by atoms with Gasteiger partial charge in [0, 0.05) is 24.8 Å². The van der Waals surface area contributed by atoms with Crippen LogP contribution in [-0.2, 0) is 6.54 Å². The Morgan fingerprint density at radius 1 is 1.14 bits per heavy atom. The molecule has 2 aromatic rings. The van der Waals surface area contributed by atoms with Crippen LogP contribution in [0.25, 0.3) is 0 Å². The Hall–Kier alpha value is -2.07. The lowest BCUT2D eigenvalue weighted by atomic mass is 10.1. The molecule has 0 aliphatic rings. The van der Waals surface area contributed by atoms with Gasteiger partial charge in [-0.1, -0.05) is 24.3 Å². The molecule has 0 heterocycles. The first-order valence-corrected chi connectivity index (χ1v) is 7.63. The normalized spacial score (nSPS) is 10.2. The summed E-state index contributed by atoms with van der Waals surface area (Å²) in [6.45, 7) is 4.90. The smallest absolute Gasteiger partial charge is 0.173 e. The molecule has 4 heteroatoms. The lowest BCUT2D eigenvalue weighted by molar-refractivity contribution is 0.399. The Kier molecular flexibility index (Phi) is 5.39. The standard InChI is InChI=1S/C18H22N2OS/c1-13-9-10-16(11-14(13)2)19-18(22)20(3)12-15-7-5-6-8-17(15)21-4/h5-11H,12H2,1-4H3,(H,19,22). The van der Waals surface area contributed by atoms with E-state index in [0.717, 1.165) is 17.0 Å². The van der Waals surface area contributed by atoms with Crippen molar-refractivity contribution in [1.29, 1.82) is 0 Å². The Morgan fingerprint density at radius 3 is 2.55 bits per heavy atom. The van der Waals surface area contributed by atoms with Gasteiger partial charge in [0.05, 0.1) is 7.11 Å². The minimum atomic E-state index is 0.689. The third kappa shape index (κ3) is 3.98. The van der Waals surface area contributed by atoms with Crippen molar-refractivity contribution in [2.24, 2.45) is 0 Å². The molecular weight excluding hydrogens is 292 g/mol. The summed E-state index contributed by atoms with van der Waals surface area (Å²) < 4.78 is 5.38. The van der Waals surface area contributed by atoms with Gasteiger partial charge in [-0.25, -0.2) is 0 Å². The van der Waals surface area contributed by atoms with Gasteiger partial charge in [-0.2, -0.15) is 0 Å². The minimum absolute atomic E-state index is 0.689. The van der Waals surface area contributed by atoms with Gasteiger partial charge >= 0.3 is 0 Å². The molecule has 0 unspecified atom stereocenters. The van der Waals surface area contributed by atoms with Crippen molar-refractivity contribution >= 4 is 23.0 Å². The molecule has 0 aliphatic heterocycles. The Labute approximate surface area is 137 Å². The topological polar surface area (TPSA) is 24.5 Å². The van der Waals surface area contributed by atoms with E-state index in [2.05, 4.69) is 31.3 Å². The molecule has 22 heavy (non-hydrogen) atoms. The van der Waals surface area contributed by atoms with Gasteiger partial charge in [-0.05, 0) is 55.4 Å². The van der Waals surface area contributed by atoms with Crippen LogP contribution in [0.2, 0.25) is 0 Å². The maximum absolute atomic E-state index is 5.49. The molecule has 0 saturated heterocycles. The number of para-hydroxylation sites is 1. The summed E-state index contributed by atoms with van der Waals surface area (Å²) in [5.41, 5.74) is 4.65. The van der Waals surface area contributed by atoms with Crippen LogP contribution in [0.5, 0.6) is 5.75 Å². The summed E-state index contributed by atoms with van der Waals surface area (Å²) in [6.07, 6.45) is 0. The molecule has 0 atom stereocenters. The number of nitrogens with one attached hydrogen (secondary N) is 1. The van der Waals surface area contributed by atoms with Crippen LogP contribution >= 0.6 is 12.2 Å². The molecule has 2 rings (SSSR count). The van der Waals surface area contributed by atoms with E-state index >= 15 is 0 Å². The summed E-state index contributed by atoms with van der Waals surface area (Å²) in [7, 11) is 3.66. The number of benzene rings is 2. The van der Waals surface area contributed by atoms with Crippen LogP contribution in [0.3, 0.4) is 0 Å². The summed E-state index contributed by atoms with van der Waals surface area (Å²) in [5, 5.41) is 3.97. The van der Waals surface area contributed by atoms with Gasteiger partial charge in [-0.15, -0.1) is 0 Å². The fourth-order valence-corrected chi connectivity index (χ4v) is 2.38. The molecule has 0 spiro atoms. The second kappa shape index (κ2) is 7.27. The summed E-state index contributed by atoms with van der Waals surface area (Å²) in [6, 6.07) is 14.2. The van der Waals surface area contributed by atoms with E-state index in [-0.39, 0.29) is 0 Å². The zero-order valence-corrected chi connectivity index (χ0v) is 14.3. The second-order valence-corrected chi connectivity index (χ2v) is 5.78. The number of nitrogens with zero attached hydrogens (tertiary/aromatic N) is 1. The molecule has 0 aliphatic carbocycles. The van der Waals surface area contributed by atoms with Crippen LogP contribution in [0.15, 0.2) is 42.5 Å². The van der Waals surface area contributed by atoms with E-state index in [1.165, 1.54) is 11.1 Å². The predicted octanol–water partition coefficient (Wildman–Crippen LogP) is 4.14. The van der Waals surface area contributed by atoms with Gasteiger partial charge in [0.1, 0.15) is 5.75 Å². The Morgan fingerprint density at radius 2 is 1.86 bits per heavy atom. The first-order chi connectivity index (χ1) is 10.5. The highest BCUT2D eigenvalue weighted by molar-refractivity contribution is 7.80. The molecular formula is C18H22N2OS. The minimum Gasteiger partial charge on any atom is -0.496 e. The van der Waals surface area contributed by atoms with Crippen LogP contribution in [0.4, 0.5) is 5.69 Å². The Balaban J connectivity index is 2.04. The summed E-state index contributed by atoms with van der Waals surface area (Å²) in [5.74, 6) is 0.878. The molecule has 0 amide bonds. The Bertz CT molecular complexity index is 670. The largest absolute Gasteiger partial charge is 0.496 e. The molecule has 0 aromatic heterocycles. The summed E-state index contributed by atoms with van der Waals surface area (Å²) in [4.78, 5) is 2.00. The SMILES string of the molecule is COc1ccccc1CN(C)C(=S)Nc1ccc(C)c(C)c1. The van der Waals surface area contributed by atoms with Gasteiger partial charge in [0.25, 0.3) is 0 Å². The number of hydrogen-bond donors (Lipinski definition) is 1. The highest BCUT2D eigenvalue weighted by Gasteiger charge is 2.09. The molecule has 0 saturated carbocycles. The van der Waals surface area contributed by atoms with E-state index in [1.54, 1.807) is 7.11 Å². The van der Waals surface area contributed by atoms with E-state index in [4.69, 9.17) is 17.0 Å².